The number of hydrogen-bond donors (Lipinski definition) is 1. The molecule has 0 saturated heterocycles. The molecular weight excluding hydrogens is 232 g/mol. The molecular formula is C13H9N2O3. The van der Waals surface area contributed by atoms with E-state index in [1.807, 2.05) is 0 Å². The van der Waals surface area contributed by atoms with Crippen molar-refractivity contribution in [3.05, 3.63) is 70.3 Å². The van der Waals surface area contributed by atoms with Gasteiger partial charge in [0.15, 0.2) is 0 Å². The largest absolute Gasteiger partial charge is 0.322 e. The Morgan fingerprint density at radius 2 is 1.72 bits per heavy atom. The van der Waals surface area contributed by atoms with Crippen LogP contribution in [0.2, 0.25) is 0 Å². The topological polar surface area (TPSA) is 72.2 Å². The molecule has 0 bridgehead atoms. The number of amides is 1. The van der Waals surface area contributed by atoms with Gasteiger partial charge in [0.05, 0.1) is 4.92 Å². The molecule has 0 aromatic heterocycles. The second-order valence-electron chi connectivity index (χ2n) is 3.55. The van der Waals surface area contributed by atoms with Crippen molar-refractivity contribution < 1.29 is 9.72 Å². The molecule has 0 aliphatic carbocycles. The van der Waals surface area contributed by atoms with Gasteiger partial charge in [0, 0.05) is 23.4 Å². The van der Waals surface area contributed by atoms with Crippen LogP contribution < -0.4 is 5.32 Å². The van der Waals surface area contributed by atoms with Crippen LogP contribution in [0.15, 0.2) is 48.5 Å². The summed E-state index contributed by atoms with van der Waals surface area (Å²) in [6, 6.07) is 15.0. The van der Waals surface area contributed by atoms with Crippen LogP contribution in [-0.2, 0) is 0 Å². The Bertz CT molecular complexity index is 565. The van der Waals surface area contributed by atoms with E-state index in [1.54, 1.807) is 24.3 Å². The highest BCUT2D eigenvalue weighted by Crippen LogP contribution is 2.16. The van der Waals surface area contributed by atoms with Crippen molar-refractivity contribution in [1.82, 2.24) is 0 Å². The normalized spacial score (nSPS) is 9.78. The van der Waals surface area contributed by atoms with Gasteiger partial charge in [-0.25, -0.2) is 0 Å². The molecule has 89 valence electrons. The van der Waals surface area contributed by atoms with Gasteiger partial charge in [-0.15, -0.1) is 0 Å². The third kappa shape index (κ3) is 2.70. The molecule has 5 nitrogen and oxygen atoms in total. The number of carbonyl (C=O) groups is 1. The molecule has 1 radical (unpaired) electrons. The highest BCUT2D eigenvalue weighted by atomic mass is 16.6. The molecule has 0 aliphatic rings. The summed E-state index contributed by atoms with van der Waals surface area (Å²) in [5.41, 5.74) is 1.01. The zero-order chi connectivity index (χ0) is 13.0. The zero-order valence-electron chi connectivity index (χ0n) is 9.29. The lowest BCUT2D eigenvalue weighted by molar-refractivity contribution is -0.384. The van der Waals surface area contributed by atoms with Crippen LogP contribution in [-0.4, -0.2) is 10.8 Å². The minimum atomic E-state index is -0.487. The van der Waals surface area contributed by atoms with Gasteiger partial charge in [-0.3, -0.25) is 14.9 Å². The molecule has 0 spiro atoms. The van der Waals surface area contributed by atoms with E-state index in [1.165, 1.54) is 24.3 Å². The molecule has 5 heteroatoms. The van der Waals surface area contributed by atoms with E-state index in [0.717, 1.165) is 0 Å². The van der Waals surface area contributed by atoms with E-state index in [2.05, 4.69) is 11.4 Å². The number of anilines is 1. The van der Waals surface area contributed by atoms with Gasteiger partial charge in [-0.05, 0) is 30.3 Å². The van der Waals surface area contributed by atoms with Crippen LogP contribution in [0, 0.1) is 16.2 Å². The molecule has 0 heterocycles. The predicted octanol–water partition coefficient (Wildman–Crippen LogP) is 2.65. The second-order valence-corrected chi connectivity index (χ2v) is 3.55. The molecule has 2 aromatic rings. The number of hydrogen-bond acceptors (Lipinski definition) is 3. The van der Waals surface area contributed by atoms with Crippen LogP contribution in [0.1, 0.15) is 10.4 Å². The molecule has 2 aromatic carbocycles. The molecule has 0 atom stereocenters. The third-order valence-electron chi connectivity index (χ3n) is 2.32. The van der Waals surface area contributed by atoms with Gasteiger partial charge in [0.25, 0.3) is 11.6 Å². The summed E-state index contributed by atoms with van der Waals surface area (Å²) in [6.45, 7) is 0. The molecule has 1 amide bonds. The Morgan fingerprint density at radius 3 is 2.28 bits per heavy atom. The van der Waals surface area contributed by atoms with Gasteiger partial charge in [0.2, 0.25) is 0 Å². The number of nitrogens with zero attached hydrogens (tertiary/aromatic N) is 1. The van der Waals surface area contributed by atoms with Crippen molar-refractivity contribution in [1.29, 1.82) is 0 Å². The highest BCUT2D eigenvalue weighted by molar-refractivity contribution is 6.04. The van der Waals surface area contributed by atoms with E-state index in [-0.39, 0.29) is 11.6 Å². The lowest BCUT2D eigenvalue weighted by Gasteiger charge is -2.04. The van der Waals surface area contributed by atoms with Crippen molar-refractivity contribution >= 4 is 17.3 Å². The molecule has 0 saturated carbocycles. The van der Waals surface area contributed by atoms with Gasteiger partial charge < -0.3 is 5.32 Å². The number of nitrogens with one attached hydrogen (secondary N) is 1. The lowest BCUT2D eigenvalue weighted by atomic mass is 10.2. The van der Waals surface area contributed by atoms with Crippen molar-refractivity contribution in [3.63, 3.8) is 0 Å². The Kier molecular flexibility index (Phi) is 3.33. The van der Waals surface area contributed by atoms with Crippen LogP contribution in [0.3, 0.4) is 0 Å². The van der Waals surface area contributed by atoms with E-state index in [9.17, 15) is 14.9 Å². The summed E-state index contributed by atoms with van der Waals surface area (Å²) in [5, 5.41) is 13.1. The fourth-order valence-electron chi connectivity index (χ4n) is 1.41. The number of rotatable bonds is 3. The summed E-state index contributed by atoms with van der Waals surface area (Å²) in [4.78, 5) is 21.8. The Morgan fingerprint density at radius 1 is 1.11 bits per heavy atom. The number of nitro groups is 1. The van der Waals surface area contributed by atoms with Crippen LogP contribution in [0.4, 0.5) is 11.4 Å². The summed E-state index contributed by atoms with van der Waals surface area (Å²) in [7, 11) is 0. The average Bonchev–Trinajstić information content (AvgIpc) is 2.40. The monoisotopic (exact) mass is 241 g/mol. The maximum Gasteiger partial charge on any atom is 0.269 e. The van der Waals surface area contributed by atoms with E-state index < -0.39 is 4.92 Å². The SMILES string of the molecule is O=C(Nc1ccc([N+](=O)[O-])cc1)c1cc[c]cc1. The standard InChI is InChI=1S/C13H9N2O3/c16-13(10-4-2-1-3-5-10)14-11-6-8-12(9-7-11)15(17)18/h2-9H,(H,14,16). The third-order valence-corrected chi connectivity index (χ3v) is 2.32. The van der Waals surface area contributed by atoms with Crippen molar-refractivity contribution in [3.8, 4) is 0 Å². The quantitative estimate of drug-likeness (QED) is 0.663. The first-order valence-electron chi connectivity index (χ1n) is 5.19. The van der Waals surface area contributed by atoms with Gasteiger partial charge in [-0.1, -0.05) is 12.1 Å². The number of carbonyl (C=O) groups excluding carboxylic acids is 1. The highest BCUT2D eigenvalue weighted by Gasteiger charge is 2.07. The maximum atomic E-state index is 11.8. The average molecular weight is 241 g/mol. The van der Waals surface area contributed by atoms with Gasteiger partial charge in [0.1, 0.15) is 0 Å². The minimum Gasteiger partial charge on any atom is -0.322 e. The molecule has 2 rings (SSSR count). The predicted molar refractivity (Wildman–Crippen MR) is 66.3 cm³/mol. The van der Waals surface area contributed by atoms with E-state index in [4.69, 9.17) is 0 Å². The first kappa shape index (κ1) is 11.8. The Labute approximate surface area is 103 Å². The van der Waals surface area contributed by atoms with Crippen LogP contribution in [0.5, 0.6) is 0 Å². The Balaban J connectivity index is 2.10. The van der Waals surface area contributed by atoms with Crippen LogP contribution in [0.25, 0.3) is 0 Å². The first-order chi connectivity index (χ1) is 8.66. The molecule has 0 fully saturated rings. The summed E-state index contributed by atoms with van der Waals surface area (Å²) in [6.07, 6.45) is 0. The van der Waals surface area contributed by atoms with E-state index >= 15 is 0 Å². The van der Waals surface area contributed by atoms with Crippen molar-refractivity contribution in [2.24, 2.45) is 0 Å². The minimum absolute atomic E-state index is 0.0117. The fraction of sp³-hybridized carbons (Fsp3) is 0. The number of non-ortho nitro benzene ring substituents is 1. The summed E-state index contributed by atoms with van der Waals surface area (Å²) >= 11 is 0. The Hall–Kier alpha value is -2.69. The first-order valence-corrected chi connectivity index (χ1v) is 5.19. The smallest absolute Gasteiger partial charge is 0.269 e. The van der Waals surface area contributed by atoms with Gasteiger partial charge in [-0.2, -0.15) is 0 Å². The molecule has 0 aliphatic heterocycles. The maximum absolute atomic E-state index is 11.8. The molecule has 0 unspecified atom stereocenters. The number of benzene rings is 2. The summed E-state index contributed by atoms with van der Waals surface area (Å²) in [5.74, 6) is -0.266. The van der Waals surface area contributed by atoms with E-state index in [0.29, 0.717) is 11.3 Å². The second kappa shape index (κ2) is 5.09. The van der Waals surface area contributed by atoms with Crippen molar-refractivity contribution in [2.75, 3.05) is 5.32 Å². The lowest BCUT2D eigenvalue weighted by Crippen LogP contribution is -2.11. The van der Waals surface area contributed by atoms with Crippen LogP contribution >= 0.6 is 0 Å². The van der Waals surface area contributed by atoms with Gasteiger partial charge >= 0.3 is 0 Å². The molecule has 1 N–H and O–H groups in total. The zero-order valence-corrected chi connectivity index (χ0v) is 9.29. The molecule has 18 heavy (non-hydrogen) atoms. The number of nitro benzene ring substituents is 1. The fourth-order valence-corrected chi connectivity index (χ4v) is 1.41. The van der Waals surface area contributed by atoms with Crippen molar-refractivity contribution in [2.45, 2.75) is 0 Å². The summed E-state index contributed by atoms with van der Waals surface area (Å²) < 4.78 is 0.